The monoisotopic (exact) mass is 203 g/mol. The van der Waals surface area contributed by atoms with Crippen LogP contribution >= 0.6 is 0 Å². The zero-order chi connectivity index (χ0) is 11.0. The molecule has 1 heterocycles. The second kappa shape index (κ2) is 3.24. The fourth-order valence-electron chi connectivity index (χ4n) is 1.55. The van der Waals surface area contributed by atoms with Gasteiger partial charge in [-0.25, -0.2) is 0 Å². The van der Waals surface area contributed by atoms with Crippen molar-refractivity contribution in [2.45, 2.75) is 6.92 Å². The highest BCUT2D eigenvalue weighted by Gasteiger charge is 2.31. The van der Waals surface area contributed by atoms with Gasteiger partial charge in [0.2, 0.25) is 0 Å². The molecule has 4 nitrogen and oxygen atoms in total. The number of imide groups is 1. The number of hydrogen-bond acceptors (Lipinski definition) is 3. The van der Waals surface area contributed by atoms with Crippen molar-refractivity contribution in [3.63, 3.8) is 0 Å². The first-order chi connectivity index (χ1) is 7.11. The van der Waals surface area contributed by atoms with Gasteiger partial charge >= 0.3 is 0 Å². The lowest BCUT2D eigenvalue weighted by molar-refractivity contribution is -0.124. The maximum atomic E-state index is 11.4. The van der Waals surface area contributed by atoms with E-state index in [1.807, 2.05) is 24.4 Å². The molecular weight excluding hydrogens is 194 g/mol. The topological polar surface area (TPSA) is 66.4 Å². The lowest BCUT2D eigenvalue weighted by Gasteiger charge is -2.03. The van der Waals surface area contributed by atoms with Crippen molar-refractivity contribution in [1.82, 2.24) is 5.32 Å². The van der Waals surface area contributed by atoms with Gasteiger partial charge in [-0.05, 0) is 18.1 Å². The second-order valence-corrected chi connectivity index (χ2v) is 3.32. The first-order valence-corrected chi connectivity index (χ1v) is 4.46. The van der Waals surface area contributed by atoms with E-state index in [1.165, 1.54) is 0 Å². The van der Waals surface area contributed by atoms with Gasteiger partial charge in [-0.3, -0.25) is 14.9 Å². The van der Waals surface area contributed by atoms with Crippen LogP contribution in [0.1, 0.15) is 11.1 Å². The highest BCUT2D eigenvalue weighted by molar-refractivity contribution is 6.35. The van der Waals surface area contributed by atoms with Crippen molar-refractivity contribution in [1.29, 1.82) is 0 Å². The van der Waals surface area contributed by atoms with Crippen LogP contribution in [0.15, 0.2) is 30.0 Å². The summed E-state index contributed by atoms with van der Waals surface area (Å²) >= 11 is 0. The summed E-state index contributed by atoms with van der Waals surface area (Å²) in [6, 6.07) is 7.08. The van der Waals surface area contributed by atoms with E-state index in [-0.39, 0.29) is 5.57 Å². The number of carbonyl (C=O) groups is 2. The molecule has 76 valence electrons. The normalized spacial score (nSPS) is 15.8. The van der Waals surface area contributed by atoms with Gasteiger partial charge in [-0.2, -0.15) is 0 Å². The Morgan fingerprint density at radius 1 is 1.13 bits per heavy atom. The summed E-state index contributed by atoms with van der Waals surface area (Å²) in [5.74, 6) is -1.79. The lowest BCUT2D eigenvalue weighted by atomic mass is 10.0. The second-order valence-electron chi connectivity index (χ2n) is 3.32. The van der Waals surface area contributed by atoms with E-state index in [4.69, 9.17) is 0 Å². The van der Waals surface area contributed by atoms with Gasteiger partial charge in [0.1, 0.15) is 0 Å². The lowest BCUT2D eigenvalue weighted by Crippen LogP contribution is -2.23. The van der Waals surface area contributed by atoms with Gasteiger partial charge in [-0.15, -0.1) is 0 Å². The number of amides is 2. The number of carbonyl (C=O) groups excluding carboxylic acids is 2. The van der Waals surface area contributed by atoms with Crippen LogP contribution in [0.2, 0.25) is 0 Å². The molecular formula is C11H9NO3. The summed E-state index contributed by atoms with van der Waals surface area (Å²) in [4.78, 5) is 22.4. The van der Waals surface area contributed by atoms with E-state index in [1.54, 1.807) is 12.1 Å². The Kier molecular flexibility index (Phi) is 2.04. The molecule has 0 bridgehead atoms. The van der Waals surface area contributed by atoms with E-state index in [0.717, 1.165) is 5.56 Å². The molecule has 1 aromatic carbocycles. The van der Waals surface area contributed by atoms with Gasteiger partial charge in [0.15, 0.2) is 5.76 Å². The Morgan fingerprint density at radius 2 is 1.80 bits per heavy atom. The highest BCUT2D eigenvalue weighted by Crippen LogP contribution is 2.24. The van der Waals surface area contributed by atoms with Crippen LogP contribution in [-0.4, -0.2) is 16.9 Å². The molecule has 2 rings (SSSR count). The molecule has 0 aliphatic carbocycles. The molecule has 0 spiro atoms. The zero-order valence-electron chi connectivity index (χ0n) is 8.07. The third kappa shape index (κ3) is 1.40. The quantitative estimate of drug-likeness (QED) is 0.667. The largest absolute Gasteiger partial charge is 0.502 e. The van der Waals surface area contributed by atoms with E-state index >= 15 is 0 Å². The number of hydrogen-bond donors (Lipinski definition) is 2. The molecule has 0 unspecified atom stereocenters. The van der Waals surface area contributed by atoms with Gasteiger partial charge in [0.25, 0.3) is 11.8 Å². The predicted molar refractivity (Wildman–Crippen MR) is 53.9 cm³/mol. The number of aliphatic hydroxyl groups excluding tert-OH is 1. The Morgan fingerprint density at radius 3 is 2.33 bits per heavy atom. The molecule has 2 amide bonds. The smallest absolute Gasteiger partial charge is 0.293 e. The van der Waals surface area contributed by atoms with Crippen LogP contribution < -0.4 is 5.32 Å². The van der Waals surface area contributed by atoms with Crippen molar-refractivity contribution in [2.75, 3.05) is 0 Å². The first-order valence-electron chi connectivity index (χ1n) is 4.46. The van der Waals surface area contributed by atoms with Crippen molar-refractivity contribution in [2.24, 2.45) is 0 Å². The van der Waals surface area contributed by atoms with Crippen molar-refractivity contribution >= 4 is 17.4 Å². The van der Waals surface area contributed by atoms with Gasteiger partial charge in [-0.1, -0.05) is 24.3 Å². The summed E-state index contributed by atoms with van der Waals surface area (Å²) in [5.41, 5.74) is 1.47. The summed E-state index contributed by atoms with van der Waals surface area (Å²) in [6.07, 6.45) is 0. The van der Waals surface area contributed by atoms with E-state index < -0.39 is 17.6 Å². The molecule has 15 heavy (non-hydrogen) atoms. The first kappa shape index (κ1) is 9.45. The maximum Gasteiger partial charge on any atom is 0.293 e. The summed E-state index contributed by atoms with van der Waals surface area (Å²) in [6.45, 7) is 1.81. The molecule has 1 aliphatic heterocycles. The van der Waals surface area contributed by atoms with Crippen molar-refractivity contribution in [3.8, 4) is 0 Å². The minimum Gasteiger partial charge on any atom is -0.502 e. The molecule has 0 fully saturated rings. The zero-order valence-corrected chi connectivity index (χ0v) is 8.07. The van der Waals surface area contributed by atoms with Crippen LogP contribution in [0.3, 0.4) is 0 Å². The number of benzene rings is 1. The highest BCUT2D eigenvalue weighted by atomic mass is 16.3. The van der Waals surface area contributed by atoms with Crippen molar-refractivity contribution in [3.05, 3.63) is 41.2 Å². The number of nitrogens with one attached hydrogen (secondary N) is 1. The van der Waals surface area contributed by atoms with E-state index in [9.17, 15) is 14.7 Å². The Balaban J connectivity index is 2.62. The van der Waals surface area contributed by atoms with Crippen LogP contribution in [-0.2, 0) is 9.59 Å². The summed E-state index contributed by atoms with van der Waals surface area (Å²) in [5, 5.41) is 11.5. The SMILES string of the molecule is Cc1ccccc1C1=C(O)C(=O)NC1=O. The van der Waals surface area contributed by atoms with E-state index in [0.29, 0.717) is 5.56 Å². The van der Waals surface area contributed by atoms with Crippen molar-refractivity contribution < 1.29 is 14.7 Å². The fraction of sp³-hybridized carbons (Fsp3) is 0.0909. The van der Waals surface area contributed by atoms with E-state index in [2.05, 4.69) is 0 Å². The molecule has 0 saturated heterocycles. The molecule has 1 aromatic rings. The third-order valence-corrected chi connectivity index (χ3v) is 2.32. The Bertz CT molecular complexity index is 488. The third-order valence-electron chi connectivity index (χ3n) is 2.32. The number of aliphatic hydroxyl groups is 1. The average molecular weight is 203 g/mol. The van der Waals surface area contributed by atoms with Gasteiger partial charge < -0.3 is 5.11 Å². The molecule has 0 atom stereocenters. The standard InChI is InChI=1S/C11H9NO3/c1-6-4-2-3-5-7(6)8-9(13)11(15)12-10(8)14/h2-5H,1H3,(H2,12,13,14,15). The average Bonchev–Trinajstić information content (AvgIpc) is 2.43. The Hall–Kier alpha value is -2.10. The van der Waals surface area contributed by atoms with Crippen LogP contribution in [0.4, 0.5) is 0 Å². The summed E-state index contributed by atoms with van der Waals surface area (Å²) < 4.78 is 0. The summed E-state index contributed by atoms with van der Waals surface area (Å²) in [7, 11) is 0. The molecule has 0 radical (unpaired) electrons. The number of rotatable bonds is 1. The van der Waals surface area contributed by atoms with Crippen LogP contribution in [0.5, 0.6) is 0 Å². The van der Waals surface area contributed by atoms with Crippen LogP contribution in [0.25, 0.3) is 5.57 Å². The van der Waals surface area contributed by atoms with Crippen LogP contribution in [0, 0.1) is 6.92 Å². The van der Waals surface area contributed by atoms with Gasteiger partial charge in [0, 0.05) is 0 Å². The minimum atomic E-state index is -0.738. The maximum absolute atomic E-state index is 11.4. The van der Waals surface area contributed by atoms with Gasteiger partial charge in [0.05, 0.1) is 5.57 Å². The predicted octanol–water partition coefficient (Wildman–Crippen LogP) is 0.921. The molecule has 0 aromatic heterocycles. The molecule has 1 aliphatic rings. The minimum absolute atomic E-state index is 0.0538. The number of aryl methyl sites for hydroxylation is 1. The molecule has 0 saturated carbocycles. The fourth-order valence-corrected chi connectivity index (χ4v) is 1.55. The Labute approximate surface area is 86.2 Å². The molecule has 4 heteroatoms. The molecule has 2 N–H and O–H groups in total.